The number of carbonyl (C=O) groups excluding carboxylic acids is 1. The lowest BCUT2D eigenvalue weighted by molar-refractivity contribution is -0.132. The first-order valence-corrected chi connectivity index (χ1v) is 8.95. The van der Waals surface area contributed by atoms with E-state index in [1.807, 2.05) is 6.92 Å². The van der Waals surface area contributed by atoms with Gasteiger partial charge >= 0.3 is 0 Å². The third-order valence-electron chi connectivity index (χ3n) is 3.80. The first kappa shape index (κ1) is 17.7. The second-order valence-corrected chi connectivity index (χ2v) is 7.24. The van der Waals surface area contributed by atoms with Crippen LogP contribution in [0.2, 0.25) is 0 Å². The molecule has 1 heterocycles. The van der Waals surface area contributed by atoms with Crippen LogP contribution in [0.1, 0.15) is 19.8 Å². The van der Waals surface area contributed by atoms with E-state index in [-0.39, 0.29) is 29.6 Å². The topological polar surface area (TPSA) is 66.9 Å². The minimum absolute atomic E-state index is 0.0351. The molecule has 1 saturated heterocycles. The normalized spacial score (nSPS) is 16.4. The zero-order valence-corrected chi connectivity index (χ0v) is 14.1. The minimum Gasteiger partial charge on any atom is -0.495 e. The first-order chi connectivity index (χ1) is 10.9. The fourth-order valence-electron chi connectivity index (χ4n) is 2.54. The summed E-state index contributed by atoms with van der Waals surface area (Å²) in [7, 11) is -2.52. The lowest BCUT2D eigenvalue weighted by Crippen LogP contribution is -2.50. The second-order valence-electron chi connectivity index (χ2n) is 5.33. The minimum atomic E-state index is -3.86. The third-order valence-corrected chi connectivity index (χ3v) is 5.72. The maximum Gasteiger partial charge on any atom is 0.246 e. The molecule has 1 aromatic rings. The molecule has 0 radical (unpaired) electrons. The predicted molar refractivity (Wildman–Crippen MR) is 83.2 cm³/mol. The Morgan fingerprint density at radius 3 is 2.48 bits per heavy atom. The van der Waals surface area contributed by atoms with E-state index >= 15 is 0 Å². The Morgan fingerprint density at radius 2 is 1.91 bits per heavy atom. The summed E-state index contributed by atoms with van der Waals surface area (Å²) in [5, 5.41) is 0. The number of methoxy groups -OCH3 is 1. The molecule has 0 bridgehead atoms. The fourth-order valence-corrected chi connectivity index (χ4v) is 4.13. The van der Waals surface area contributed by atoms with Crippen LogP contribution in [0.3, 0.4) is 0 Å². The number of halogens is 1. The van der Waals surface area contributed by atoms with Crippen LogP contribution in [0, 0.1) is 5.82 Å². The monoisotopic (exact) mass is 344 g/mol. The lowest BCUT2D eigenvalue weighted by atomic mass is 10.2. The van der Waals surface area contributed by atoms with Gasteiger partial charge in [-0.15, -0.1) is 0 Å². The number of hydrogen-bond acceptors (Lipinski definition) is 4. The Labute approximate surface area is 135 Å². The first-order valence-electron chi connectivity index (χ1n) is 7.51. The van der Waals surface area contributed by atoms with E-state index in [9.17, 15) is 17.6 Å². The van der Waals surface area contributed by atoms with Crippen LogP contribution in [0.4, 0.5) is 4.39 Å². The summed E-state index contributed by atoms with van der Waals surface area (Å²) in [4.78, 5) is 13.3. The number of piperazine rings is 1. The van der Waals surface area contributed by atoms with Crippen molar-refractivity contribution in [2.45, 2.75) is 24.7 Å². The van der Waals surface area contributed by atoms with Gasteiger partial charge in [0.25, 0.3) is 0 Å². The average Bonchev–Trinajstić information content (AvgIpc) is 2.55. The third kappa shape index (κ3) is 3.81. The molecule has 6 nitrogen and oxygen atoms in total. The molecule has 0 aromatic heterocycles. The second kappa shape index (κ2) is 7.27. The number of sulfonamides is 1. The molecule has 1 aliphatic heterocycles. The summed E-state index contributed by atoms with van der Waals surface area (Å²) in [6.07, 6.45) is 1.22. The van der Waals surface area contributed by atoms with Gasteiger partial charge in [-0.05, 0) is 24.6 Å². The molecule has 0 unspecified atom stereocenters. The maximum absolute atomic E-state index is 13.4. The van der Waals surface area contributed by atoms with E-state index in [1.54, 1.807) is 4.90 Å². The van der Waals surface area contributed by atoms with Gasteiger partial charge in [-0.2, -0.15) is 4.31 Å². The number of benzene rings is 1. The molecule has 1 fully saturated rings. The quantitative estimate of drug-likeness (QED) is 0.811. The summed E-state index contributed by atoms with van der Waals surface area (Å²) in [5.74, 6) is -0.495. The molecule has 0 N–H and O–H groups in total. The number of amides is 1. The van der Waals surface area contributed by atoms with Gasteiger partial charge in [0.2, 0.25) is 15.9 Å². The van der Waals surface area contributed by atoms with Crippen LogP contribution >= 0.6 is 0 Å². The van der Waals surface area contributed by atoms with E-state index in [1.165, 1.54) is 17.5 Å². The van der Waals surface area contributed by atoms with E-state index in [4.69, 9.17) is 4.74 Å². The van der Waals surface area contributed by atoms with Crippen LogP contribution < -0.4 is 4.74 Å². The van der Waals surface area contributed by atoms with E-state index < -0.39 is 15.8 Å². The SMILES string of the molecule is CCCC(=O)N1CCN(S(=O)(=O)c2cc(F)ccc2OC)CC1. The van der Waals surface area contributed by atoms with Crippen LogP contribution in [0.15, 0.2) is 23.1 Å². The largest absolute Gasteiger partial charge is 0.495 e. The molecule has 1 aliphatic rings. The predicted octanol–water partition coefficient (Wildman–Crippen LogP) is 1.47. The lowest BCUT2D eigenvalue weighted by Gasteiger charge is -2.34. The summed E-state index contributed by atoms with van der Waals surface area (Å²) in [5.41, 5.74) is 0. The molecule has 0 saturated carbocycles. The van der Waals surface area contributed by atoms with Crippen molar-refractivity contribution in [1.29, 1.82) is 0 Å². The van der Waals surface area contributed by atoms with Crippen molar-refractivity contribution in [2.75, 3.05) is 33.3 Å². The molecule has 2 rings (SSSR count). The molecule has 1 amide bonds. The molecule has 128 valence electrons. The summed E-state index contributed by atoms with van der Waals surface area (Å²) >= 11 is 0. The molecule has 8 heteroatoms. The molecule has 0 aliphatic carbocycles. The van der Waals surface area contributed by atoms with Crippen LogP contribution in [-0.2, 0) is 14.8 Å². The standard InChI is InChI=1S/C15H21FN2O4S/c1-3-4-15(19)17-7-9-18(10-8-17)23(20,21)14-11-12(16)5-6-13(14)22-2/h5-6,11H,3-4,7-10H2,1-2H3. The van der Waals surface area contributed by atoms with Crippen LogP contribution in [0.25, 0.3) is 0 Å². The molecule has 0 spiro atoms. The zero-order chi connectivity index (χ0) is 17.0. The summed E-state index contributed by atoms with van der Waals surface area (Å²) in [6.45, 7) is 3.00. The zero-order valence-electron chi connectivity index (χ0n) is 13.3. The van der Waals surface area contributed by atoms with E-state index in [0.29, 0.717) is 19.5 Å². The number of ether oxygens (including phenoxy) is 1. The smallest absolute Gasteiger partial charge is 0.246 e. The molecular weight excluding hydrogens is 323 g/mol. The summed E-state index contributed by atoms with van der Waals surface area (Å²) in [6, 6.07) is 3.41. The Bertz CT molecular complexity index is 670. The van der Waals surface area contributed by atoms with E-state index in [2.05, 4.69) is 0 Å². The van der Waals surface area contributed by atoms with E-state index in [0.717, 1.165) is 18.6 Å². The van der Waals surface area contributed by atoms with Gasteiger partial charge in [-0.1, -0.05) is 6.92 Å². The highest BCUT2D eigenvalue weighted by molar-refractivity contribution is 7.89. The van der Waals surface area contributed by atoms with Crippen molar-refractivity contribution in [1.82, 2.24) is 9.21 Å². The number of nitrogens with zero attached hydrogens (tertiary/aromatic N) is 2. The van der Waals surface area contributed by atoms with Gasteiger partial charge in [0.05, 0.1) is 7.11 Å². The van der Waals surface area contributed by atoms with Gasteiger partial charge in [0.15, 0.2) is 0 Å². The molecular formula is C15H21FN2O4S. The molecule has 0 atom stereocenters. The van der Waals surface area contributed by atoms with Gasteiger partial charge in [-0.3, -0.25) is 4.79 Å². The van der Waals surface area contributed by atoms with Gasteiger partial charge in [-0.25, -0.2) is 12.8 Å². The van der Waals surface area contributed by atoms with Gasteiger partial charge < -0.3 is 9.64 Å². The van der Waals surface area contributed by atoms with Crippen molar-refractivity contribution >= 4 is 15.9 Å². The van der Waals surface area contributed by atoms with Crippen molar-refractivity contribution in [3.05, 3.63) is 24.0 Å². The highest BCUT2D eigenvalue weighted by Crippen LogP contribution is 2.28. The Morgan fingerprint density at radius 1 is 1.26 bits per heavy atom. The molecule has 23 heavy (non-hydrogen) atoms. The maximum atomic E-state index is 13.4. The van der Waals surface area contributed by atoms with Crippen molar-refractivity contribution in [3.8, 4) is 5.75 Å². The molecule has 1 aromatic carbocycles. The number of carbonyl (C=O) groups is 1. The number of hydrogen-bond donors (Lipinski definition) is 0. The van der Waals surface area contributed by atoms with Crippen molar-refractivity contribution < 1.29 is 22.3 Å². The Balaban J connectivity index is 2.16. The van der Waals surface area contributed by atoms with Gasteiger partial charge in [0.1, 0.15) is 16.5 Å². The Hall–Kier alpha value is -1.67. The van der Waals surface area contributed by atoms with Crippen molar-refractivity contribution in [3.63, 3.8) is 0 Å². The Kier molecular flexibility index (Phi) is 5.59. The van der Waals surface area contributed by atoms with Gasteiger partial charge in [0, 0.05) is 32.6 Å². The van der Waals surface area contributed by atoms with Crippen LogP contribution in [0.5, 0.6) is 5.75 Å². The summed E-state index contributed by atoms with van der Waals surface area (Å²) < 4.78 is 45.1. The highest BCUT2D eigenvalue weighted by atomic mass is 32.2. The van der Waals surface area contributed by atoms with Crippen LogP contribution in [-0.4, -0.2) is 56.8 Å². The highest BCUT2D eigenvalue weighted by Gasteiger charge is 2.32. The fraction of sp³-hybridized carbons (Fsp3) is 0.533. The number of rotatable bonds is 5. The average molecular weight is 344 g/mol. The van der Waals surface area contributed by atoms with Crippen molar-refractivity contribution in [2.24, 2.45) is 0 Å².